The van der Waals surface area contributed by atoms with E-state index >= 15 is 0 Å². The molecule has 2 heterocycles. The standard InChI is InChI=1S/C19H19F9N2O2/c20-17(21,22)13-3-1-12(2-4-13)9-29-7-5-16(6-8-29)10-30(11-16)15(31)32-14(18(23,24)25)19(26,27)28/h1-4,14H,5-11H2. The predicted molar refractivity (Wildman–Crippen MR) is 92.3 cm³/mol. The molecule has 0 aliphatic carbocycles. The Balaban J connectivity index is 1.48. The second-order valence-corrected chi connectivity index (χ2v) is 8.17. The topological polar surface area (TPSA) is 32.8 Å². The molecule has 13 heteroatoms. The lowest BCUT2D eigenvalue weighted by Crippen LogP contribution is -2.62. The Labute approximate surface area is 176 Å². The van der Waals surface area contributed by atoms with Crippen LogP contribution in [0.3, 0.4) is 0 Å². The number of carbonyl (C=O) groups is 1. The van der Waals surface area contributed by atoms with Gasteiger partial charge in [-0.1, -0.05) is 12.1 Å². The number of alkyl halides is 9. The van der Waals surface area contributed by atoms with Crippen LogP contribution < -0.4 is 0 Å². The molecule has 0 radical (unpaired) electrons. The number of ether oxygens (including phenoxy) is 1. The van der Waals surface area contributed by atoms with E-state index in [4.69, 9.17) is 0 Å². The highest BCUT2D eigenvalue weighted by atomic mass is 19.4. The fraction of sp³-hybridized carbons (Fsp3) is 0.632. The lowest BCUT2D eigenvalue weighted by Gasteiger charge is -2.53. The van der Waals surface area contributed by atoms with Crippen molar-refractivity contribution < 1.29 is 49.0 Å². The van der Waals surface area contributed by atoms with Gasteiger partial charge in [-0.05, 0) is 43.6 Å². The second-order valence-electron chi connectivity index (χ2n) is 8.17. The molecule has 2 saturated heterocycles. The zero-order valence-corrected chi connectivity index (χ0v) is 16.4. The Kier molecular flexibility index (Phi) is 6.35. The summed E-state index contributed by atoms with van der Waals surface area (Å²) in [4.78, 5) is 14.6. The third-order valence-electron chi connectivity index (χ3n) is 5.73. The molecular weight excluding hydrogens is 459 g/mol. The van der Waals surface area contributed by atoms with Crippen LogP contribution in [0.15, 0.2) is 24.3 Å². The third-order valence-corrected chi connectivity index (χ3v) is 5.73. The molecule has 0 aromatic heterocycles. The summed E-state index contributed by atoms with van der Waals surface area (Å²) in [6.45, 7) is 1.43. The molecule has 1 aromatic rings. The van der Waals surface area contributed by atoms with Crippen molar-refractivity contribution in [2.24, 2.45) is 5.41 Å². The first-order valence-corrected chi connectivity index (χ1v) is 9.57. The average molecular weight is 478 g/mol. The summed E-state index contributed by atoms with van der Waals surface area (Å²) in [5.74, 6) is 0. The number of rotatable bonds is 3. The van der Waals surface area contributed by atoms with E-state index in [1.165, 1.54) is 12.1 Å². The lowest BCUT2D eigenvalue weighted by molar-refractivity contribution is -0.309. The van der Waals surface area contributed by atoms with Gasteiger partial charge in [0.1, 0.15) is 0 Å². The molecular formula is C19H19F9N2O2. The number of amides is 1. The first kappa shape index (κ1) is 24.5. The minimum atomic E-state index is -5.76. The van der Waals surface area contributed by atoms with Crippen molar-refractivity contribution in [3.05, 3.63) is 35.4 Å². The number of carbonyl (C=O) groups excluding carboxylic acids is 1. The van der Waals surface area contributed by atoms with Crippen LogP contribution in [0.25, 0.3) is 0 Å². The third kappa shape index (κ3) is 5.59. The highest BCUT2D eigenvalue weighted by molar-refractivity contribution is 5.69. The molecule has 0 unspecified atom stereocenters. The highest BCUT2D eigenvalue weighted by Crippen LogP contribution is 2.42. The summed E-state index contributed by atoms with van der Waals surface area (Å²) in [7, 11) is 0. The van der Waals surface area contributed by atoms with E-state index in [0.717, 1.165) is 17.0 Å². The van der Waals surface area contributed by atoms with Crippen LogP contribution in [0.5, 0.6) is 0 Å². The summed E-state index contributed by atoms with van der Waals surface area (Å²) in [5, 5.41) is 0. The van der Waals surface area contributed by atoms with Crippen molar-refractivity contribution >= 4 is 6.09 Å². The van der Waals surface area contributed by atoms with E-state index in [-0.39, 0.29) is 13.1 Å². The number of benzene rings is 1. The predicted octanol–water partition coefficient (Wildman–Crippen LogP) is 5.23. The monoisotopic (exact) mass is 478 g/mol. The summed E-state index contributed by atoms with van der Waals surface area (Å²) in [6.07, 6.45) is -20.7. The molecule has 2 fully saturated rings. The summed E-state index contributed by atoms with van der Waals surface area (Å²) >= 11 is 0. The maximum Gasteiger partial charge on any atom is 0.434 e. The quantitative estimate of drug-likeness (QED) is 0.558. The number of nitrogens with zero attached hydrogens (tertiary/aromatic N) is 2. The molecule has 3 rings (SSSR count). The van der Waals surface area contributed by atoms with Crippen molar-refractivity contribution in [2.75, 3.05) is 26.2 Å². The number of hydrogen-bond donors (Lipinski definition) is 0. The van der Waals surface area contributed by atoms with Crippen LogP contribution >= 0.6 is 0 Å². The van der Waals surface area contributed by atoms with E-state index in [1.54, 1.807) is 0 Å². The van der Waals surface area contributed by atoms with Crippen LogP contribution in [0.1, 0.15) is 24.0 Å². The Morgan fingerprint density at radius 1 is 0.906 bits per heavy atom. The van der Waals surface area contributed by atoms with Gasteiger partial charge in [0.15, 0.2) is 0 Å². The van der Waals surface area contributed by atoms with Crippen LogP contribution in [0.4, 0.5) is 44.3 Å². The fourth-order valence-corrected chi connectivity index (χ4v) is 3.95. The van der Waals surface area contributed by atoms with Crippen molar-refractivity contribution in [3.63, 3.8) is 0 Å². The molecule has 0 atom stereocenters. The van der Waals surface area contributed by atoms with Crippen molar-refractivity contribution in [1.29, 1.82) is 0 Å². The van der Waals surface area contributed by atoms with Crippen LogP contribution in [-0.4, -0.2) is 60.5 Å². The first-order chi connectivity index (χ1) is 14.6. The minimum Gasteiger partial charge on any atom is -0.426 e. The maximum absolute atomic E-state index is 12.6. The van der Waals surface area contributed by atoms with Gasteiger partial charge >= 0.3 is 24.6 Å². The lowest BCUT2D eigenvalue weighted by atomic mass is 9.72. The Hall–Kier alpha value is -2.18. The first-order valence-electron chi connectivity index (χ1n) is 9.57. The van der Waals surface area contributed by atoms with Gasteiger partial charge in [0.05, 0.1) is 5.56 Å². The van der Waals surface area contributed by atoms with Gasteiger partial charge in [-0.3, -0.25) is 4.90 Å². The van der Waals surface area contributed by atoms with Gasteiger partial charge in [0.25, 0.3) is 6.10 Å². The Bertz CT molecular complexity index is 788. The van der Waals surface area contributed by atoms with Crippen molar-refractivity contribution in [3.8, 4) is 0 Å². The van der Waals surface area contributed by atoms with E-state index in [1.807, 2.05) is 4.90 Å². The maximum atomic E-state index is 12.6. The van der Waals surface area contributed by atoms with Crippen LogP contribution in [-0.2, 0) is 17.5 Å². The fourth-order valence-electron chi connectivity index (χ4n) is 3.95. The molecule has 0 N–H and O–H groups in total. The van der Waals surface area contributed by atoms with Gasteiger partial charge in [-0.25, -0.2) is 4.79 Å². The SMILES string of the molecule is O=C(OC(C(F)(F)F)C(F)(F)F)N1CC2(CCN(Cc3ccc(C(F)(F)F)cc3)CC2)C1. The van der Waals surface area contributed by atoms with E-state index in [9.17, 15) is 44.3 Å². The van der Waals surface area contributed by atoms with E-state index in [2.05, 4.69) is 4.74 Å². The second kappa shape index (κ2) is 8.31. The van der Waals surface area contributed by atoms with Gasteiger partial charge < -0.3 is 9.64 Å². The zero-order chi connectivity index (χ0) is 23.9. The highest BCUT2D eigenvalue weighted by Gasteiger charge is 2.61. The molecule has 1 spiro atoms. The molecule has 2 aliphatic heterocycles. The number of hydrogen-bond acceptors (Lipinski definition) is 3. The molecule has 4 nitrogen and oxygen atoms in total. The van der Waals surface area contributed by atoms with Crippen LogP contribution in [0, 0.1) is 5.41 Å². The van der Waals surface area contributed by atoms with Gasteiger partial charge in [-0.2, -0.15) is 39.5 Å². The van der Waals surface area contributed by atoms with Gasteiger partial charge in [0.2, 0.25) is 0 Å². The van der Waals surface area contributed by atoms with Crippen molar-refractivity contribution in [2.45, 2.75) is 44.0 Å². The van der Waals surface area contributed by atoms with Crippen LogP contribution in [0.2, 0.25) is 0 Å². The summed E-state index contributed by atoms with van der Waals surface area (Å²) in [6, 6.07) is 4.74. The Morgan fingerprint density at radius 3 is 1.84 bits per heavy atom. The number of piperidine rings is 1. The van der Waals surface area contributed by atoms with Crippen molar-refractivity contribution in [1.82, 2.24) is 9.80 Å². The van der Waals surface area contributed by atoms with E-state index in [0.29, 0.717) is 38.0 Å². The summed E-state index contributed by atoms with van der Waals surface area (Å²) < 4.78 is 117. The summed E-state index contributed by atoms with van der Waals surface area (Å²) in [5.41, 5.74) is -0.488. The number of halogens is 9. The average Bonchev–Trinajstić information content (AvgIpc) is 2.63. The largest absolute Gasteiger partial charge is 0.434 e. The number of likely N-dealkylation sites (tertiary alicyclic amines) is 2. The molecule has 0 bridgehead atoms. The Morgan fingerprint density at radius 2 is 1.41 bits per heavy atom. The minimum absolute atomic E-state index is 0.0115. The molecule has 32 heavy (non-hydrogen) atoms. The molecule has 2 aliphatic rings. The molecule has 180 valence electrons. The molecule has 1 aromatic carbocycles. The zero-order valence-electron chi connectivity index (χ0n) is 16.4. The molecule has 1 amide bonds. The smallest absolute Gasteiger partial charge is 0.426 e. The van der Waals surface area contributed by atoms with E-state index < -0.39 is 41.7 Å². The molecule has 0 saturated carbocycles. The normalized spacial score (nSPS) is 19.9. The van der Waals surface area contributed by atoms with Gasteiger partial charge in [0, 0.05) is 25.0 Å². The van der Waals surface area contributed by atoms with Gasteiger partial charge in [-0.15, -0.1) is 0 Å².